The van der Waals surface area contributed by atoms with E-state index in [1.807, 2.05) is 48.5 Å². The summed E-state index contributed by atoms with van der Waals surface area (Å²) in [5.74, 6) is 1.66. The molecule has 2 aromatic carbocycles. The number of benzene rings is 2. The number of hydrogen-bond donors (Lipinski definition) is 1. The fraction of sp³-hybridized carbons (Fsp3) is 0.227. The number of fused-ring (bicyclic) bond motifs is 1. The Kier molecular flexibility index (Phi) is 4.36. The number of nitrogens with one attached hydrogen (secondary N) is 1. The Balaban J connectivity index is 1.56. The summed E-state index contributed by atoms with van der Waals surface area (Å²) in [7, 11) is 1.65. The molecule has 146 valence electrons. The van der Waals surface area contributed by atoms with Crippen LogP contribution >= 0.6 is 11.6 Å². The summed E-state index contributed by atoms with van der Waals surface area (Å²) in [6, 6.07) is 15.2. The molecule has 0 saturated heterocycles. The van der Waals surface area contributed by atoms with Crippen LogP contribution in [0, 0.1) is 0 Å². The summed E-state index contributed by atoms with van der Waals surface area (Å²) in [6.07, 6.45) is 2.69. The molecule has 0 fully saturated rings. The Bertz CT molecular complexity index is 1120. The van der Waals surface area contributed by atoms with Gasteiger partial charge in [-0.3, -0.25) is 4.79 Å². The topological polar surface area (TPSA) is 69.0 Å². The van der Waals surface area contributed by atoms with Crippen molar-refractivity contribution in [3.05, 3.63) is 82.3 Å². The molecule has 1 aromatic heterocycles. The highest BCUT2D eigenvalue weighted by atomic mass is 35.5. The van der Waals surface area contributed by atoms with Crippen LogP contribution in [0.15, 0.2) is 66.1 Å². The number of carbonyl (C=O) groups is 1. The van der Waals surface area contributed by atoms with Gasteiger partial charge in [-0.1, -0.05) is 35.9 Å². The van der Waals surface area contributed by atoms with Gasteiger partial charge in [0, 0.05) is 22.7 Å². The van der Waals surface area contributed by atoms with Gasteiger partial charge in [-0.2, -0.15) is 10.1 Å². The highest BCUT2D eigenvalue weighted by molar-refractivity contribution is 6.30. The molecule has 1 N–H and O–H groups in total. The zero-order valence-corrected chi connectivity index (χ0v) is 16.6. The fourth-order valence-corrected chi connectivity index (χ4v) is 4.45. The van der Waals surface area contributed by atoms with E-state index in [1.54, 1.807) is 11.8 Å². The number of ketones is 1. The Morgan fingerprint density at radius 1 is 1.14 bits per heavy atom. The standard InChI is InChI=1S/C22H19ClN4O2/c1-29-17-7-5-13(6-8-17)15-10-18-20(19(28)11-15)21(14-3-2-4-16(23)9-14)27-22(26-18)24-12-25-27/h2-9,12,15,21H,10-11H2,1H3,(H,24,25,26). The smallest absolute Gasteiger partial charge is 0.226 e. The van der Waals surface area contributed by atoms with E-state index in [0.717, 1.165) is 34.6 Å². The van der Waals surface area contributed by atoms with Gasteiger partial charge < -0.3 is 10.1 Å². The first-order chi connectivity index (χ1) is 14.1. The number of Topliss-reactive ketones (excluding diaryl/α,β-unsaturated/α-hetero) is 1. The van der Waals surface area contributed by atoms with Crippen molar-refractivity contribution < 1.29 is 9.53 Å². The van der Waals surface area contributed by atoms with Crippen molar-refractivity contribution in [3.63, 3.8) is 0 Å². The van der Waals surface area contributed by atoms with Crippen LogP contribution in [0.4, 0.5) is 5.95 Å². The highest BCUT2D eigenvalue weighted by Gasteiger charge is 2.39. The molecule has 3 aromatic rings. The molecule has 6 nitrogen and oxygen atoms in total. The van der Waals surface area contributed by atoms with E-state index in [2.05, 4.69) is 15.4 Å². The summed E-state index contributed by atoms with van der Waals surface area (Å²) < 4.78 is 7.01. The van der Waals surface area contributed by atoms with Crippen molar-refractivity contribution in [2.24, 2.45) is 0 Å². The Morgan fingerprint density at radius 2 is 1.97 bits per heavy atom. The molecule has 0 saturated carbocycles. The Hall–Kier alpha value is -3.12. The van der Waals surface area contributed by atoms with Gasteiger partial charge in [0.1, 0.15) is 18.1 Å². The van der Waals surface area contributed by atoms with E-state index < -0.39 is 0 Å². The third kappa shape index (κ3) is 3.09. The summed E-state index contributed by atoms with van der Waals surface area (Å²) in [4.78, 5) is 17.7. The lowest BCUT2D eigenvalue weighted by Crippen LogP contribution is -2.33. The minimum Gasteiger partial charge on any atom is -0.497 e. The Labute approximate surface area is 173 Å². The van der Waals surface area contributed by atoms with Crippen LogP contribution in [0.25, 0.3) is 0 Å². The van der Waals surface area contributed by atoms with Crippen LogP contribution in [-0.4, -0.2) is 27.7 Å². The largest absolute Gasteiger partial charge is 0.497 e. The average molecular weight is 407 g/mol. The monoisotopic (exact) mass is 406 g/mol. The van der Waals surface area contributed by atoms with Gasteiger partial charge in [0.25, 0.3) is 0 Å². The van der Waals surface area contributed by atoms with E-state index in [-0.39, 0.29) is 17.7 Å². The SMILES string of the molecule is COc1ccc(C2CC(=O)C3=C(C2)Nc2ncnn2C3c2cccc(Cl)c2)cc1. The second-order valence-electron chi connectivity index (χ2n) is 7.30. The lowest BCUT2D eigenvalue weighted by atomic mass is 9.78. The molecule has 0 radical (unpaired) electrons. The van der Waals surface area contributed by atoms with Crippen LogP contribution < -0.4 is 10.1 Å². The number of allylic oxidation sites excluding steroid dienone is 2. The third-order valence-electron chi connectivity index (χ3n) is 5.61. The molecule has 2 aliphatic rings. The Morgan fingerprint density at radius 3 is 2.72 bits per heavy atom. The summed E-state index contributed by atoms with van der Waals surface area (Å²) >= 11 is 6.23. The number of ether oxygens (including phenoxy) is 1. The van der Waals surface area contributed by atoms with Crippen LogP contribution in [0.1, 0.15) is 35.9 Å². The van der Waals surface area contributed by atoms with E-state index >= 15 is 0 Å². The molecule has 1 aliphatic carbocycles. The summed E-state index contributed by atoms with van der Waals surface area (Å²) in [5.41, 5.74) is 3.70. The molecule has 5 rings (SSSR count). The predicted octanol–water partition coefficient (Wildman–Crippen LogP) is 4.36. The van der Waals surface area contributed by atoms with Crippen LogP contribution in [0.2, 0.25) is 5.02 Å². The lowest BCUT2D eigenvalue weighted by molar-refractivity contribution is -0.116. The number of aromatic nitrogens is 3. The quantitative estimate of drug-likeness (QED) is 0.700. The maximum atomic E-state index is 13.3. The molecule has 0 bridgehead atoms. The van der Waals surface area contributed by atoms with Crippen molar-refractivity contribution >= 4 is 23.3 Å². The molecule has 1 aliphatic heterocycles. The minimum atomic E-state index is -0.327. The van der Waals surface area contributed by atoms with E-state index in [0.29, 0.717) is 17.4 Å². The molecule has 2 heterocycles. The molecule has 7 heteroatoms. The van der Waals surface area contributed by atoms with Gasteiger partial charge in [-0.05, 0) is 47.7 Å². The summed E-state index contributed by atoms with van der Waals surface area (Å²) in [5, 5.41) is 8.33. The van der Waals surface area contributed by atoms with Crippen LogP contribution in [0.5, 0.6) is 5.75 Å². The van der Waals surface area contributed by atoms with Crippen molar-refractivity contribution in [1.29, 1.82) is 0 Å². The first-order valence-corrected chi connectivity index (χ1v) is 9.84. The van der Waals surface area contributed by atoms with Gasteiger partial charge in [0.05, 0.1) is 7.11 Å². The molecule has 2 unspecified atom stereocenters. The number of carbonyl (C=O) groups excluding carboxylic acids is 1. The van der Waals surface area contributed by atoms with Crippen molar-refractivity contribution in [2.45, 2.75) is 24.8 Å². The molecule has 2 atom stereocenters. The lowest BCUT2D eigenvalue weighted by Gasteiger charge is -2.35. The van der Waals surface area contributed by atoms with E-state index in [9.17, 15) is 4.79 Å². The van der Waals surface area contributed by atoms with Gasteiger partial charge in [-0.15, -0.1) is 0 Å². The van der Waals surface area contributed by atoms with Crippen molar-refractivity contribution in [1.82, 2.24) is 14.8 Å². The van der Waals surface area contributed by atoms with Gasteiger partial charge in [0.2, 0.25) is 5.95 Å². The summed E-state index contributed by atoms with van der Waals surface area (Å²) in [6.45, 7) is 0. The van der Waals surface area contributed by atoms with E-state index in [1.165, 1.54) is 6.33 Å². The van der Waals surface area contributed by atoms with Crippen LogP contribution in [0.3, 0.4) is 0 Å². The number of halogens is 1. The second-order valence-corrected chi connectivity index (χ2v) is 7.74. The second kappa shape index (κ2) is 7.04. The minimum absolute atomic E-state index is 0.106. The van der Waals surface area contributed by atoms with Crippen molar-refractivity contribution in [2.75, 3.05) is 12.4 Å². The van der Waals surface area contributed by atoms with E-state index in [4.69, 9.17) is 16.3 Å². The van der Waals surface area contributed by atoms with Gasteiger partial charge >= 0.3 is 0 Å². The average Bonchev–Trinajstić information content (AvgIpc) is 3.20. The number of methoxy groups -OCH3 is 1. The molecule has 0 spiro atoms. The first-order valence-electron chi connectivity index (χ1n) is 9.46. The van der Waals surface area contributed by atoms with Crippen LogP contribution in [-0.2, 0) is 4.79 Å². The first kappa shape index (κ1) is 17.9. The predicted molar refractivity (Wildman–Crippen MR) is 110 cm³/mol. The molecule has 29 heavy (non-hydrogen) atoms. The van der Waals surface area contributed by atoms with Gasteiger partial charge in [0.15, 0.2) is 5.78 Å². The third-order valence-corrected chi connectivity index (χ3v) is 5.85. The maximum Gasteiger partial charge on any atom is 0.226 e. The molecular formula is C22H19ClN4O2. The maximum absolute atomic E-state index is 13.3. The number of nitrogens with zero attached hydrogens (tertiary/aromatic N) is 3. The number of hydrogen-bond acceptors (Lipinski definition) is 5. The zero-order chi connectivity index (χ0) is 20.0. The van der Waals surface area contributed by atoms with Crippen molar-refractivity contribution in [3.8, 4) is 5.75 Å². The number of anilines is 1. The van der Waals surface area contributed by atoms with Gasteiger partial charge in [-0.25, -0.2) is 4.68 Å². The fourth-order valence-electron chi connectivity index (χ4n) is 4.25. The molecular weight excluding hydrogens is 388 g/mol. The normalized spacial score (nSPS) is 20.7. The zero-order valence-electron chi connectivity index (χ0n) is 15.8. The molecule has 0 amide bonds. The highest BCUT2D eigenvalue weighted by Crippen LogP contribution is 2.44. The number of rotatable bonds is 3.